The topological polar surface area (TPSA) is 35.5 Å². The molecule has 0 saturated carbocycles. The van der Waals surface area contributed by atoms with Crippen molar-refractivity contribution in [2.45, 2.75) is 19.6 Å². The van der Waals surface area contributed by atoms with Crippen LogP contribution < -0.4 is 0 Å². The first-order valence-electron chi connectivity index (χ1n) is 5.05. The van der Waals surface area contributed by atoms with E-state index >= 15 is 0 Å². The van der Waals surface area contributed by atoms with Crippen LogP contribution in [-0.4, -0.2) is 18.9 Å². The molecule has 0 heterocycles. The monoisotopic (exact) mass is 220 g/mol. The molecule has 0 aliphatic carbocycles. The molecule has 0 unspecified atom stereocenters. The zero-order valence-electron chi connectivity index (χ0n) is 9.77. The van der Waals surface area contributed by atoms with E-state index in [1.807, 2.05) is 30.3 Å². The minimum atomic E-state index is -0.891. The van der Waals surface area contributed by atoms with Gasteiger partial charge < -0.3 is 9.47 Å². The molecule has 1 rings (SSSR count). The Balaban J connectivity index is 2.56. The highest BCUT2D eigenvalue weighted by atomic mass is 16.7. The molecule has 1 aromatic rings. The number of ether oxygens (including phenoxy) is 2. The second-order valence-corrected chi connectivity index (χ2v) is 3.77. The van der Waals surface area contributed by atoms with E-state index in [-0.39, 0.29) is 0 Å². The molecule has 0 fully saturated rings. The molecule has 0 aliphatic rings. The zero-order chi connectivity index (χ0) is 12.0. The van der Waals surface area contributed by atoms with Gasteiger partial charge in [-0.05, 0) is 11.6 Å². The van der Waals surface area contributed by atoms with Crippen molar-refractivity contribution < 1.29 is 14.3 Å². The molecule has 0 saturated heterocycles. The third kappa shape index (κ3) is 4.28. The summed E-state index contributed by atoms with van der Waals surface area (Å²) < 4.78 is 10.0. The third-order valence-electron chi connectivity index (χ3n) is 2.05. The minimum Gasteiger partial charge on any atom is -0.431 e. The van der Waals surface area contributed by atoms with Crippen LogP contribution in [0.25, 0.3) is 6.08 Å². The summed E-state index contributed by atoms with van der Waals surface area (Å²) in [6.45, 7) is 3.36. The first-order chi connectivity index (χ1) is 7.53. The number of esters is 1. The van der Waals surface area contributed by atoms with Gasteiger partial charge in [0.1, 0.15) is 0 Å². The van der Waals surface area contributed by atoms with Gasteiger partial charge in [0.15, 0.2) is 0 Å². The molecule has 3 heteroatoms. The van der Waals surface area contributed by atoms with Gasteiger partial charge in [-0.15, -0.1) is 0 Å². The van der Waals surface area contributed by atoms with Gasteiger partial charge >= 0.3 is 5.97 Å². The number of carbonyl (C=O) groups is 1. The largest absolute Gasteiger partial charge is 0.431 e. The van der Waals surface area contributed by atoms with Crippen LogP contribution in [0.4, 0.5) is 0 Å². The van der Waals surface area contributed by atoms with Crippen molar-refractivity contribution >= 4 is 12.0 Å². The van der Waals surface area contributed by atoms with Gasteiger partial charge in [-0.2, -0.15) is 0 Å². The number of hydrogen-bond acceptors (Lipinski definition) is 3. The molecule has 0 aromatic heterocycles. The minimum absolute atomic E-state index is 0.421. The Hall–Kier alpha value is -1.61. The first kappa shape index (κ1) is 12.5. The lowest BCUT2D eigenvalue weighted by Crippen LogP contribution is -2.29. The maximum atomic E-state index is 11.4. The van der Waals surface area contributed by atoms with Gasteiger partial charge in [0.2, 0.25) is 5.79 Å². The molecular formula is C13H16O3. The highest BCUT2D eigenvalue weighted by Crippen LogP contribution is 2.10. The smallest absolute Gasteiger partial charge is 0.333 e. The van der Waals surface area contributed by atoms with Crippen molar-refractivity contribution in [1.82, 2.24) is 0 Å². The van der Waals surface area contributed by atoms with E-state index in [1.54, 1.807) is 19.9 Å². The summed E-state index contributed by atoms with van der Waals surface area (Å²) >= 11 is 0. The number of carbonyl (C=O) groups excluding carboxylic acids is 1. The quantitative estimate of drug-likeness (QED) is 0.444. The predicted octanol–water partition coefficient (Wildman–Crippen LogP) is 2.63. The third-order valence-corrected chi connectivity index (χ3v) is 2.05. The van der Waals surface area contributed by atoms with Gasteiger partial charge in [-0.1, -0.05) is 30.3 Å². The normalized spacial score (nSPS) is 11.7. The van der Waals surface area contributed by atoms with Crippen LogP contribution in [0, 0.1) is 0 Å². The molecule has 0 N–H and O–H groups in total. The first-order valence-corrected chi connectivity index (χ1v) is 5.05. The number of benzene rings is 1. The maximum Gasteiger partial charge on any atom is 0.333 e. The van der Waals surface area contributed by atoms with Gasteiger partial charge in [0, 0.05) is 27.0 Å². The van der Waals surface area contributed by atoms with Crippen molar-refractivity contribution in [3.05, 3.63) is 42.0 Å². The molecule has 1 aromatic carbocycles. The molecule has 16 heavy (non-hydrogen) atoms. The average molecular weight is 220 g/mol. The highest BCUT2D eigenvalue weighted by molar-refractivity contribution is 5.87. The fourth-order valence-corrected chi connectivity index (χ4v) is 1.05. The summed E-state index contributed by atoms with van der Waals surface area (Å²) in [5, 5.41) is 0. The van der Waals surface area contributed by atoms with E-state index in [4.69, 9.17) is 9.47 Å². The van der Waals surface area contributed by atoms with Crippen LogP contribution in [0.3, 0.4) is 0 Å². The lowest BCUT2D eigenvalue weighted by atomic mass is 10.2. The molecule has 0 aliphatic heterocycles. The van der Waals surface area contributed by atoms with Gasteiger partial charge in [-0.3, -0.25) is 0 Å². The van der Waals surface area contributed by atoms with Gasteiger partial charge in [0.05, 0.1) is 0 Å². The highest BCUT2D eigenvalue weighted by Gasteiger charge is 2.19. The Bertz CT molecular complexity index is 366. The average Bonchev–Trinajstić information content (AvgIpc) is 2.27. The van der Waals surface area contributed by atoms with Crippen molar-refractivity contribution in [1.29, 1.82) is 0 Å². The molecule has 0 radical (unpaired) electrons. The van der Waals surface area contributed by atoms with Gasteiger partial charge in [-0.25, -0.2) is 4.79 Å². The van der Waals surface area contributed by atoms with Crippen LogP contribution in [0.1, 0.15) is 19.4 Å². The molecule has 0 amide bonds. The Morgan fingerprint density at radius 3 is 2.44 bits per heavy atom. The van der Waals surface area contributed by atoms with Gasteiger partial charge in [0.25, 0.3) is 0 Å². The van der Waals surface area contributed by atoms with Crippen LogP contribution in [0.15, 0.2) is 36.4 Å². The van der Waals surface area contributed by atoms with Crippen molar-refractivity contribution in [3.63, 3.8) is 0 Å². The molecule has 86 valence electrons. The number of hydrogen-bond donors (Lipinski definition) is 0. The molecule has 3 nitrogen and oxygen atoms in total. The summed E-state index contributed by atoms with van der Waals surface area (Å²) in [6, 6.07) is 9.55. The van der Waals surface area contributed by atoms with E-state index in [0.29, 0.717) is 0 Å². The molecular weight excluding hydrogens is 204 g/mol. The summed E-state index contributed by atoms with van der Waals surface area (Å²) in [5.74, 6) is -1.31. The second-order valence-electron chi connectivity index (χ2n) is 3.77. The van der Waals surface area contributed by atoms with Crippen molar-refractivity contribution in [2.75, 3.05) is 7.11 Å². The standard InChI is InChI=1S/C13H16O3/c1-13(2,15-3)16-12(14)10-9-11-7-5-4-6-8-11/h4-10H,1-3H3. The Labute approximate surface area is 95.7 Å². The SMILES string of the molecule is COC(C)(C)OC(=O)C=Cc1ccccc1. The van der Waals surface area contributed by atoms with Crippen LogP contribution >= 0.6 is 0 Å². The van der Waals surface area contributed by atoms with E-state index < -0.39 is 11.8 Å². The van der Waals surface area contributed by atoms with E-state index in [0.717, 1.165) is 5.56 Å². The number of methoxy groups -OCH3 is 1. The maximum absolute atomic E-state index is 11.4. The Morgan fingerprint density at radius 1 is 1.25 bits per heavy atom. The summed E-state index contributed by atoms with van der Waals surface area (Å²) in [5.41, 5.74) is 0.953. The second kappa shape index (κ2) is 5.47. The van der Waals surface area contributed by atoms with E-state index in [9.17, 15) is 4.79 Å². The van der Waals surface area contributed by atoms with Crippen LogP contribution in [0.2, 0.25) is 0 Å². The predicted molar refractivity (Wildman–Crippen MR) is 62.7 cm³/mol. The Morgan fingerprint density at radius 2 is 1.88 bits per heavy atom. The van der Waals surface area contributed by atoms with E-state index in [2.05, 4.69) is 0 Å². The van der Waals surface area contributed by atoms with E-state index in [1.165, 1.54) is 13.2 Å². The summed E-state index contributed by atoms with van der Waals surface area (Å²) in [6.07, 6.45) is 3.09. The number of rotatable bonds is 4. The summed E-state index contributed by atoms with van der Waals surface area (Å²) in [4.78, 5) is 11.4. The summed E-state index contributed by atoms with van der Waals surface area (Å²) in [7, 11) is 1.49. The molecule has 0 spiro atoms. The van der Waals surface area contributed by atoms with Crippen molar-refractivity contribution in [3.8, 4) is 0 Å². The zero-order valence-corrected chi connectivity index (χ0v) is 9.77. The van der Waals surface area contributed by atoms with Crippen LogP contribution in [0.5, 0.6) is 0 Å². The molecule has 0 bridgehead atoms. The van der Waals surface area contributed by atoms with Crippen LogP contribution in [-0.2, 0) is 14.3 Å². The fraction of sp³-hybridized carbons (Fsp3) is 0.308. The lowest BCUT2D eigenvalue weighted by molar-refractivity contribution is -0.200. The van der Waals surface area contributed by atoms with Crippen molar-refractivity contribution in [2.24, 2.45) is 0 Å². The lowest BCUT2D eigenvalue weighted by Gasteiger charge is -2.21. The Kier molecular flexibility index (Phi) is 4.26. The fourth-order valence-electron chi connectivity index (χ4n) is 1.05. The molecule has 0 atom stereocenters.